The van der Waals surface area contributed by atoms with Crippen LogP contribution in [0.4, 0.5) is 0 Å². The summed E-state index contributed by atoms with van der Waals surface area (Å²) in [6.45, 7) is 0. The monoisotopic (exact) mass is 159 g/mol. The van der Waals surface area contributed by atoms with Crippen LogP contribution in [0.2, 0.25) is 0 Å². The second-order valence-electron chi connectivity index (χ2n) is 0.448. The molecule has 5 nitrogen and oxygen atoms in total. The standard InChI is InChI=1S/Cr.Na.3H2O.2O/h;;3*1H2;;/q+2;;;;;;/p-2. The van der Waals surface area contributed by atoms with Crippen molar-refractivity contribution in [2.24, 2.45) is 0 Å². The Morgan fingerprint density at radius 1 is 1.14 bits per heavy atom. The van der Waals surface area contributed by atoms with Gasteiger partial charge < -0.3 is 5.48 Å². The zero-order chi connectivity index (χ0) is 4.50. The van der Waals surface area contributed by atoms with Crippen molar-refractivity contribution in [2.75, 3.05) is 0 Å². The molecule has 0 spiro atoms. The molecule has 0 aromatic heterocycles. The van der Waals surface area contributed by atoms with Gasteiger partial charge in [0.25, 0.3) is 0 Å². The molecule has 0 aliphatic heterocycles. The normalized spacial score (nSPS) is 8.29. The summed E-state index contributed by atoms with van der Waals surface area (Å²) >= 11 is -5.25. The van der Waals surface area contributed by atoms with E-state index < -0.39 is 13.6 Å². The molecule has 1 radical (unpaired) electrons. The maximum absolute atomic E-state index is 8.82. The fourth-order valence-corrected chi connectivity index (χ4v) is 0. The van der Waals surface area contributed by atoms with Gasteiger partial charge >= 0.3 is 29.5 Å². The van der Waals surface area contributed by atoms with Crippen LogP contribution >= 0.6 is 0 Å². The predicted molar refractivity (Wildman–Crippen MR) is 15.2 cm³/mol. The van der Waals surface area contributed by atoms with Crippen molar-refractivity contribution in [3.05, 3.63) is 0 Å². The third-order valence-corrected chi connectivity index (χ3v) is 0. The summed E-state index contributed by atoms with van der Waals surface area (Å²) in [5, 5.41) is 0. The molecule has 0 saturated heterocycles. The van der Waals surface area contributed by atoms with Crippen molar-refractivity contribution in [1.82, 2.24) is 0 Å². The van der Waals surface area contributed by atoms with Gasteiger partial charge in [-0.2, -0.15) is 0 Å². The second kappa shape index (κ2) is 5.16. The molecular formula is H4CrNaO5. The van der Waals surface area contributed by atoms with Crippen LogP contribution in [0.3, 0.4) is 0 Å². The van der Waals surface area contributed by atoms with Gasteiger partial charge in [-0.3, -0.25) is 0 Å². The van der Waals surface area contributed by atoms with Crippen molar-refractivity contribution in [3.8, 4) is 0 Å². The van der Waals surface area contributed by atoms with Crippen molar-refractivity contribution in [2.45, 2.75) is 0 Å². The Labute approximate surface area is 64.3 Å². The van der Waals surface area contributed by atoms with Gasteiger partial charge in [0.1, 0.15) is 0 Å². The molecule has 0 amide bonds. The van der Waals surface area contributed by atoms with E-state index in [-0.39, 0.29) is 35.0 Å². The summed E-state index contributed by atoms with van der Waals surface area (Å²) in [7, 11) is 0. The summed E-state index contributed by atoms with van der Waals surface area (Å²) in [6, 6.07) is 0. The Hall–Kier alpha value is 1.01. The first kappa shape index (κ1) is 15.7. The van der Waals surface area contributed by atoms with Crippen LogP contribution in [0.5, 0.6) is 0 Å². The molecule has 7 heteroatoms. The fraction of sp³-hybridized carbons (Fsp3) is 0. The molecule has 0 bridgehead atoms. The summed E-state index contributed by atoms with van der Waals surface area (Å²) in [5.74, 6) is 0. The Bertz CT molecular complexity index is 91.2. The van der Waals surface area contributed by atoms with Gasteiger partial charge in [-0.15, -0.1) is 0 Å². The second-order valence-corrected chi connectivity index (χ2v) is 1.85. The first-order valence-corrected chi connectivity index (χ1v) is 2.88. The van der Waals surface area contributed by atoms with E-state index in [4.69, 9.17) is 15.9 Å². The number of hydrogen-bond donors (Lipinski definition) is 2. The average Bonchev–Trinajstić information content (AvgIpc) is 0.722. The number of hydrogen-bond acceptors (Lipinski definition) is 2. The summed E-state index contributed by atoms with van der Waals surface area (Å²) in [5.41, 5.74) is 0. The predicted octanol–water partition coefficient (Wildman–Crippen LogP) is -2.56. The molecule has 0 fully saturated rings. The van der Waals surface area contributed by atoms with E-state index in [1.165, 1.54) is 0 Å². The van der Waals surface area contributed by atoms with Gasteiger partial charge in [-0.1, -0.05) is 0 Å². The van der Waals surface area contributed by atoms with E-state index in [0.29, 0.717) is 0 Å². The van der Waals surface area contributed by atoms with Crippen LogP contribution in [-0.4, -0.2) is 43.3 Å². The minimum atomic E-state index is -5.25. The van der Waals surface area contributed by atoms with Crippen molar-refractivity contribution in [3.63, 3.8) is 0 Å². The fourth-order valence-electron chi connectivity index (χ4n) is 0. The number of rotatable bonds is 0. The van der Waals surface area contributed by atoms with Gasteiger partial charge in [0, 0.05) is 29.6 Å². The molecule has 0 rings (SSSR count). The van der Waals surface area contributed by atoms with Gasteiger partial charge in [0.2, 0.25) is 0 Å². The van der Waals surface area contributed by atoms with E-state index in [2.05, 4.69) is 0 Å². The van der Waals surface area contributed by atoms with Crippen LogP contribution in [0, 0.1) is 0 Å². The molecule has 41 valence electrons. The molecule has 4 N–H and O–H groups in total. The van der Waals surface area contributed by atoms with Crippen molar-refractivity contribution in [1.29, 1.82) is 0 Å². The van der Waals surface area contributed by atoms with E-state index in [9.17, 15) is 0 Å². The molecule has 0 aromatic carbocycles. The van der Waals surface area contributed by atoms with E-state index in [1.54, 1.807) is 0 Å². The van der Waals surface area contributed by atoms with Crippen LogP contribution in [0.25, 0.3) is 0 Å². The van der Waals surface area contributed by atoms with E-state index in [0.717, 1.165) is 0 Å². The van der Waals surface area contributed by atoms with Gasteiger partial charge in [0.05, 0.1) is 0 Å². The van der Waals surface area contributed by atoms with E-state index in [1.807, 2.05) is 0 Å². The molecule has 0 saturated carbocycles. The van der Waals surface area contributed by atoms with Gasteiger partial charge in [-0.25, -0.2) is 0 Å². The van der Waals surface area contributed by atoms with Crippen LogP contribution < -0.4 is 0 Å². The minimum absolute atomic E-state index is 0. The quantitative estimate of drug-likeness (QED) is 0.379. The third kappa shape index (κ3) is 172. The third-order valence-electron chi connectivity index (χ3n) is 0. The molecule has 7 heavy (non-hydrogen) atoms. The van der Waals surface area contributed by atoms with Gasteiger partial charge in [-0.05, 0) is 0 Å². The SMILES string of the molecule is O.[Na].[O]=[Cr](=[O])([OH])[OH]. The Kier molecular flexibility index (Phi) is 11.5. The molecule has 0 heterocycles. The first-order chi connectivity index (χ1) is 2.00. The molecule has 0 unspecified atom stereocenters. The van der Waals surface area contributed by atoms with Gasteiger partial charge in [0.15, 0.2) is 0 Å². The molecule has 0 aliphatic rings. The van der Waals surface area contributed by atoms with Crippen molar-refractivity contribution < 1.29 is 35.0 Å². The average molecular weight is 159 g/mol. The molecule has 0 aliphatic carbocycles. The zero-order valence-electron chi connectivity index (χ0n) is 3.62. The first-order valence-electron chi connectivity index (χ1n) is 0.698. The van der Waals surface area contributed by atoms with E-state index >= 15 is 0 Å². The summed E-state index contributed by atoms with van der Waals surface area (Å²) < 4.78 is 31.9. The van der Waals surface area contributed by atoms with Crippen LogP contribution in [0.1, 0.15) is 0 Å². The Morgan fingerprint density at radius 3 is 1.14 bits per heavy atom. The molecule has 0 atom stereocenters. The maximum atomic E-state index is 8.82. The topological polar surface area (TPSA) is 106 Å². The Balaban J connectivity index is -0.0000000800. The summed E-state index contributed by atoms with van der Waals surface area (Å²) in [4.78, 5) is 0. The van der Waals surface area contributed by atoms with Crippen LogP contribution in [-0.2, 0) is 21.2 Å². The zero-order valence-corrected chi connectivity index (χ0v) is 6.89. The molecule has 0 aromatic rings. The summed E-state index contributed by atoms with van der Waals surface area (Å²) in [6.07, 6.45) is 0. The van der Waals surface area contributed by atoms with Crippen LogP contribution in [0.15, 0.2) is 0 Å². The molecular weight excluding hydrogens is 155 g/mol. The Morgan fingerprint density at radius 2 is 1.14 bits per heavy atom. The van der Waals surface area contributed by atoms with Crippen molar-refractivity contribution >= 4 is 29.6 Å².